The number of benzene rings is 7. The van der Waals surface area contributed by atoms with Crippen LogP contribution < -0.4 is 20.5 Å². The quantitative estimate of drug-likeness (QED) is 0.162. The monoisotopic (exact) mass is 926 g/mol. The number of anilines is 2. The van der Waals surface area contributed by atoms with E-state index in [4.69, 9.17) is 15.7 Å². The fourth-order valence-corrected chi connectivity index (χ4v) is 13.8. The van der Waals surface area contributed by atoms with Crippen LogP contribution in [0, 0.1) is 0 Å². The van der Waals surface area contributed by atoms with Gasteiger partial charge in [0, 0.05) is 56.0 Å². The largest absolute Gasteiger partial charge is 0.456 e. The van der Waals surface area contributed by atoms with Crippen LogP contribution in [0.4, 0.5) is 11.4 Å². The molecule has 5 aliphatic rings. The Morgan fingerprint density at radius 3 is 1.90 bits per heavy atom. The lowest BCUT2D eigenvalue weighted by Crippen LogP contribution is -2.61. The van der Waals surface area contributed by atoms with E-state index in [9.17, 15) is 0 Å². The van der Waals surface area contributed by atoms with Crippen molar-refractivity contribution in [3.8, 4) is 22.6 Å². The van der Waals surface area contributed by atoms with E-state index in [0.29, 0.717) is 0 Å². The lowest BCUT2D eigenvalue weighted by Gasteiger charge is -2.46. The van der Waals surface area contributed by atoms with Crippen molar-refractivity contribution in [2.75, 3.05) is 4.81 Å². The number of rotatable bonds is 2. The van der Waals surface area contributed by atoms with Crippen LogP contribution in [-0.2, 0) is 27.1 Å². The number of para-hydroxylation sites is 1. The van der Waals surface area contributed by atoms with Crippen molar-refractivity contribution in [2.45, 2.75) is 129 Å². The van der Waals surface area contributed by atoms with E-state index in [2.05, 4.69) is 207 Å². The molecule has 0 atom stereocenters. The molecule has 0 radical (unpaired) electrons. The molecule has 0 unspecified atom stereocenters. The summed E-state index contributed by atoms with van der Waals surface area (Å²) in [5.74, 6) is 1.64. The minimum atomic E-state index is -0.205. The van der Waals surface area contributed by atoms with Crippen LogP contribution in [0.5, 0.6) is 5.75 Å². The zero-order valence-electron chi connectivity index (χ0n) is 43.4. The molecule has 0 fully saturated rings. The van der Waals surface area contributed by atoms with Gasteiger partial charge in [-0.3, -0.25) is 0 Å². The highest BCUT2D eigenvalue weighted by Gasteiger charge is 2.49. The van der Waals surface area contributed by atoms with Crippen LogP contribution in [0.15, 0.2) is 132 Å². The molecule has 0 saturated carbocycles. The van der Waals surface area contributed by atoms with E-state index in [1.165, 1.54) is 88.4 Å². The topological polar surface area (TPSA) is 30.5 Å². The first-order valence-corrected chi connectivity index (χ1v) is 26.1. The average Bonchev–Trinajstić information content (AvgIpc) is 3.90. The van der Waals surface area contributed by atoms with Gasteiger partial charge in [0.15, 0.2) is 0 Å². The predicted molar refractivity (Wildman–Crippen MR) is 300 cm³/mol. The minimum Gasteiger partial charge on any atom is -0.456 e. The van der Waals surface area contributed by atoms with Gasteiger partial charge in [-0.25, -0.2) is 0 Å². The van der Waals surface area contributed by atoms with E-state index < -0.39 is 0 Å². The Morgan fingerprint density at radius 2 is 1.23 bits per heavy atom. The second kappa shape index (κ2) is 13.8. The summed E-state index contributed by atoms with van der Waals surface area (Å²) in [6, 6.07) is 43.9. The maximum absolute atomic E-state index is 7.39. The Hall–Kier alpha value is -6.72. The number of nitrogens with zero attached hydrogens (tertiary/aromatic N) is 2. The lowest BCUT2D eigenvalue weighted by atomic mass is 9.43. The van der Waals surface area contributed by atoms with E-state index in [1.54, 1.807) is 0 Å². The van der Waals surface area contributed by atoms with Gasteiger partial charge in [0.2, 0.25) is 0 Å². The molecular weight excluding hydrogens is 864 g/mol. The van der Waals surface area contributed by atoms with Gasteiger partial charge < -0.3 is 18.5 Å². The molecule has 0 saturated heterocycles. The van der Waals surface area contributed by atoms with Crippen LogP contribution in [0.25, 0.3) is 71.9 Å². The molecular formula is C66H63BN2O2. The molecule has 0 amide bonds. The third-order valence-corrected chi connectivity index (χ3v) is 18.2. The molecule has 9 aromatic rings. The maximum Gasteiger partial charge on any atom is 0.333 e. The fourth-order valence-electron chi connectivity index (χ4n) is 13.8. The summed E-state index contributed by atoms with van der Waals surface area (Å²) in [4.78, 5) is 2.72. The van der Waals surface area contributed by atoms with Gasteiger partial charge in [0.05, 0.1) is 16.4 Å². The number of fused-ring (bicyclic) bond motifs is 16. The molecule has 71 heavy (non-hydrogen) atoms. The van der Waals surface area contributed by atoms with Gasteiger partial charge in [-0.05, 0) is 151 Å². The van der Waals surface area contributed by atoms with Crippen LogP contribution >= 0.6 is 0 Å². The Balaban J connectivity index is 1.20. The summed E-state index contributed by atoms with van der Waals surface area (Å²) in [5.41, 5.74) is 23.2. The SMILES string of the molecule is C=C1C=C(c2ccccc2)Oc2cc3c(cc21)B1c2c(c4c5ccccc5oc4c4c5cc6c(cc5n-3c24)C(C)(C)CCC6(C)C)-c2cc3c(cc2N1c1ccc(C(C)(C)C)cc1)C(C)(C)CCC3(C)C. The van der Waals surface area contributed by atoms with Gasteiger partial charge >= 0.3 is 6.85 Å². The number of aromatic nitrogens is 1. The summed E-state index contributed by atoms with van der Waals surface area (Å²) >= 11 is 0. The van der Waals surface area contributed by atoms with E-state index in [1.807, 2.05) is 0 Å². The molecule has 4 nitrogen and oxygen atoms in total. The normalized spacial score (nSPS) is 18.7. The zero-order chi connectivity index (χ0) is 49.1. The summed E-state index contributed by atoms with van der Waals surface area (Å²) in [7, 11) is 0. The van der Waals surface area contributed by atoms with Gasteiger partial charge in [-0.15, -0.1) is 0 Å². The van der Waals surface area contributed by atoms with Gasteiger partial charge in [0.25, 0.3) is 0 Å². The second-order valence-electron chi connectivity index (χ2n) is 25.5. The number of hydrogen-bond donors (Lipinski definition) is 0. The molecule has 0 bridgehead atoms. The fraction of sp³-hybridized carbons (Fsp3) is 0.303. The zero-order valence-corrected chi connectivity index (χ0v) is 43.4. The minimum absolute atomic E-state index is 0.000548. The van der Waals surface area contributed by atoms with Gasteiger partial charge in [0.1, 0.15) is 22.7 Å². The molecule has 2 aromatic heterocycles. The van der Waals surface area contributed by atoms with Gasteiger partial charge in [-0.1, -0.05) is 149 Å². The van der Waals surface area contributed by atoms with Crippen molar-refractivity contribution < 1.29 is 9.15 Å². The first-order chi connectivity index (χ1) is 33.7. The molecule has 7 aromatic carbocycles. The number of ether oxygens (including phenoxy) is 1. The van der Waals surface area contributed by atoms with E-state index in [-0.39, 0.29) is 33.9 Å². The number of allylic oxidation sites excluding steroid dienone is 2. The third kappa shape index (κ3) is 5.81. The second-order valence-corrected chi connectivity index (χ2v) is 25.5. The van der Waals surface area contributed by atoms with Crippen molar-refractivity contribution in [1.82, 2.24) is 4.57 Å². The number of hydrogen-bond acceptors (Lipinski definition) is 3. The average molecular weight is 927 g/mol. The summed E-state index contributed by atoms with van der Waals surface area (Å²) in [6.45, 7) is 31.2. The predicted octanol–water partition coefficient (Wildman–Crippen LogP) is 16.4. The third-order valence-electron chi connectivity index (χ3n) is 18.2. The maximum atomic E-state index is 7.39. The first-order valence-electron chi connectivity index (χ1n) is 26.1. The van der Waals surface area contributed by atoms with E-state index in [0.717, 1.165) is 76.1 Å². The van der Waals surface area contributed by atoms with Crippen LogP contribution in [0.1, 0.15) is 141 Å². The Kier molecular flexibility index (Phi) is 8.39. The van der Waals surface area contributed by atoms with E-state index >= 15 is 0 Å². The Morgan fingerprint density at radius 1 is 0.606 bits per heavy atom. The first kappa shape index (κ1) is 43.1. The van der Waals surface area contributed by atoms with Crippen LogP contribution in [0.3, 0.4) is 0 Å². The lowest BCUT2D eigenvalue weighted by molar-refractivity contribution is 0.332. The molecule has 5 heterocycles. The summed E-state index contributed by atoms with van der Waals surface area (Å²) in [5, 5.41) is 4.82. The molecule has 0 N–H and O–H groups in total. The van der Waals surface area contributed by atoms with Crippen LogP contribution in [-0.4, -0.2) is 11.4 Å². The highest BCUT2D eigenvalue weighted by molar-refractivity contribution is 6.94. The van der Waals surface area contributed by atoms with Crippen molar-refractivity contribution in [3.05, 3.63) is 167 Å². The Labute approximate surface area is 419 Å². The standard InChI is InChI=1S/C66H63BN2O2/c1-37-30-54(38-18-14-13-15-19-38)70-55-36-52-49(33-42(37)55)67-59-56(44-32-46-48(66(11,12)29-27-64(46,7)8)35-51(44)69(67)40-24-22-39(23-25-40)62(2,3)4)57-41-20-16-17-21-53(41)71-61(57)58-43-31-45-47(34-50(43)68(52)60(58)59)65(9,10)28-26-63(45,5)6/h13-25,30-36H,1,26-29H2,2-12H3. The highest BCUT2D eigenvalue weighted by atomic mass is 16.5. The van der Waals surface area contributed by atoms with Crippen molar-refractivity contribution in [3.63, 3.8) is 0 Å². The van der Waals surface area contributed by atoms with Crippen LogP contribution in [0.2, 0.25) is 0 Å². The molecule has 3 aliphatic heterocycles. The highest BCUT2D eigenvalue weighted by Crippen LogP contribution is 2.57. The molecule has 14 rings (SSSR count). The molecule has 5 heteroatoms. The number of furan rings is 1. The molecule has 2 aliphatic carbocycles. The van der Waals surface area contributed by atoms with Crippen molar-refractivity contribution in [1.29, 1.82) is 0 Å². The van der Waals surface area contributed by atoms with Crippen molar-refractivity contribution >= 4 is 84.2 Å². The molecule has 352 valence electrons. The summed E-state index contributed by atoms with van der Waals surface area (Å²) in [6.07, 6.45) is 6.67. The molecule has 0 spiro atoms. The Bertz CT molecular complexity index is 3900. The smallest absolute Gasteiger partial charge is 0.333 e. The van der Waals surface area contributed by atoms with Gasteiger partial charge in [-0.2, -0.15) is 0 Å². The van der Waals surface area contributed by atoms with Crippen molar-refractivity contribution in [2.24, 2.45) is 0 Å². The summed E-state index contributed by atoms with van der Waals surface area (Å²) < 4.78 is 17.1.